The van der Waals surface area contributed by atoms with Gasteiger partial charge in [-0.3, -0.25) is 9.05 Å². The lowest BCUT2D eigenvalue weighted by Gasteiger charge is -2.26. The lowest BCUT2D eigenvalue weighted by Crippen LogP contribution is -2.32. The summed E-state index contributed by atoms with van der Waals surface area (Å²) in [5.74, 6) is 1.19. The Hall–Kier alpha value is -1.58. The van der Waals surface area contributed by atoms with Crippen molar-refractivity contribution in [1.82, 2.24) is 19.6 Å². The van der Waals surface area contributed by atoms with Crippen molar-refractivity contribution >= 4 is 19.4 Å². The van der Waals surface area contributed by atoms with Crippen LogP contribution in [0.2, 0.25) is 0 Å². The summed E-state index contributed by atoms with van der Waals surface area (Å²) in [5.41, 5.74) is 1.43. The molecule has 0 spiro atoms. The van der Waals surface area contributed by atoms with Crippen molar-refractivity contribution in [1.29, 1.82) is 0 Å². The molecule has 1 unspecified atom stereocenters. The number of phosphoric ester groups is 1. The highest BCUT2D eigenvalue weighted by atomic mass is 31.2. The average Bonchev–Trinajstić information content (AvgIpc) is 3.08. The molecule has 0 saturated carbocycles. The molecule has 4 heterocycles. The van der Waals surface area contributed by atoms with Crippen LogP contribution in [0.3, 0.4) is 0 Å². The van der Waals surface area contributed by atoms with E-state index in [1.54, 1.807) is 24.7 Å². The standard InChI is InChI=1S/C12H16N5O5P/c1-6-15-11-7(4-14-17(11)12(13-2)16-6)8-3-9-10(21-8)5-20-23(18,19)22-9/h4,8-10H,3,5H2,1-2H3,(H,18,19)(H,13,15,16)/t8-,9-,10-/m1/s1. The lowest BCUT2D eigenvalue weighted by molar-refractivity contribution is -0.0525. The number of fused-ring (bicyclic) bond motifs is 2. The maximum atomic E-state index is 11.5. The number of aryl methyl sites for hydroxylation is 1. The molecule has 2 aliphatic heterocycles. The first-order valence-corrected chi connectivity index (χ1v) is 8.67. The normalized spacial score (nSPS) is 33.8. The molecule has 11 heteroatoms. The van der Waals surface area contributed by atoms with E-state index in [1.807, 2.05) is 0 Å². The minimum atomic E-state index is -3.97. The zero-order valence-corrected chi connectivity index (χ0v) is 13.4. The Labute approximate surface area is 131 Å². The molecule has 2 saturated heterocycles. The number of nitrogens with zero attached hydrogens (tertiary/aromatic N) is 4. The molecule has 0 radical (unpaired) electrons. The molecule has 0 amide bonds. The zero-order valence-electron chi connectivity index (χ0n) is 12.5. The number of ether oxygens (including phenoxy) is 1. The summed E-state index contributed by atoms with van der Waals surface area (Å²) >= 11 is 0. The predicted molar refractivity (Wildman–Crippen MR) is 77.9 cm³/mol. The molecular formula is C12H16N5O5P. The fourth-order valence-electron chi connectivity index (χ4n) is 2.93. The van der Waals surface area contributed by atoms with Crippen molar-refractivity contribution in [3.05, 3.63) is 17.6 Å². The fourth-order valence-corrected chi connectivity index (χ4v) is 3.89. The minimum Gasteiger partial charge on any atom is -0.365 e. The summed E-state index contributed by atoms with van der Waals surface area (Å²) in [5, 5.41) is 7.26. The van der Waals surface area contributed by atoms with E-state index in [1.165, 1.54) is 0 Å². The quantitative estimate of drug-likeness (QED) is 0.765. The molecule has 2 aromatic heterocycles. The van der Waals surface area contributed by atoms with Crippen molar-refractivity contribution in [3.8, 4) is 0 Å². The Balaban J connectivity index is 1.68. The molecular weight excluding hydrogens is 325 g/mol. The lowest BCUT2D eigenvalue weighted by atomic mass is 10.1. The highest BCUT2D eigenvalue weighted by Crippen LogP contribution is 2.53. The number of hydrogen-bond donors (Lipinski definition) is 2. The van der Waals surface area contributed by atoms with Crippen LogP contribution in [0.4, 0.5) is 5.95 Å². The van der Waals surface area contributed by atoms with Crippen molar-refractivity contribution < 1.29 is 23.2 Å². The van der Waals surface area contributed by atoms with Gasteiger partial charge in [0.1, 0.15) is 18.0 Å². The summed E-state index contributed by atoms with van der Waals surface area (Å²) in [6.07, 6.45) is 0.925. The number of aromatic nitrogens is 4. The van der Waals surface area contributed by atoms with Crippen LogP contribution in [0.25, 0.3) is 5.65 Å². The molecule has 0 aromatic carbocycles. The first kappa shape index (κ1) is 15.0. The topological polar surface area (TPSA) is 120 Å². The van der Waals surface area contributed by atoms with Crippen LogP contribution in [0.1, 0.15) is 23.9 Å². The second-order valence-electron chi connectivity index (χ2n) is 5.49. The van der Waals surface area contributed by atoms with Crippen molar-refractivity contribution in [3.63, 3.8) is 0 Å². The zero-order chi connectivity index (χ0) is 16.2. The van der Waals surface area contributed by atoms with Gasteiger partial charge in [-0.05, 0) is 6.92 Å². The van der Waals surface area contributed by atoms with Crippen LogP contribution in [0.15, 0.2) is 6.20 Å². The van der Waals surface area contributed by atoms with Crippen LogP contribution < -0.4 is 5.32 Å². The van der Waals surface area contributed by atoms with Crippen molar-refractivity contribution in [2.45, 2.75) is 31.7 Å². The Kier molecular flexibility index (Phi) is 3.40. The third kappa shape index (κ3) is 2.52. The van der Waals surface area contributed by atoms with Crippen molar-refractivity contribution in [2.24, 2.45) is 0 Å². The van der Waals surface area contributed by atoms with Gasteiger partial charge in [-0.15, -0.1) is 0 Å². The molecule has 0 bridgehead atoms. The Bertz CT molecular complexity index is 810. The molecule has 2 aliphatic rings. The maximum absolute atomic E-state index is 11.5. The third-order valence-electron chi connectivity index (χ3n) is 3.95. The molecule has 124 valence electrons. The maximum Gasteiger partial charge on any atom is 0.472 e. The SMILES string of the molecule is CNc1nc(C)nc2c([C@H]3C[C@H]4OP(=O)(O)OC[C@H]4O3)cnn12. The Morgan fingerprint density at radius 2 is 2.26 bits per heavy atom. The van der Waals surface area contributed by atoms with E-state index in [9.17, 15) is 9.46 Å². The van der Waals surface area contributed by atoms with E-state index in [-0.39, 0.29) is 18.8 Å². The third-order valence-corrected chi connectivity index (χ3v) is 4.96. The Morgan fingerprint density at radius 3 is 3.04 bits per heavy atom. The van der Waals surface area contributed by atoms with Gasteiger partial charge in [-0.25, -0.2) is 9.55 Å². The van der Waals surface area contributed by atoms with E-state index >= 15 is 0 Å². The van der Waals surface area contributed by atoms with Crippen LogP contribution in [0, 0.1) is 6.92 Å². The van der Waals surface area contributed by atoms with E-state index < -0.39 is 13.9 Å². The Morgan fingerprint density at radius 1 is 1.43 bits per heavy atom. The van der Waals surface area contributed by atoms with Gasteiger partial charge in [-0.1, -0.05) is 0 Å². The predicted octanol–water partition coefficient (Wildman–Crippen LogP) is 0.820. The molecule has 2 aromatic rings. The number of phosphoric acid groups is 1. The number of anilines is 1. The first-order chi connectivity index (χ1) is 11.0. The number of rotatable bonds is 2. The monoisotopic (exact) mass is 341 g/mol. The van der Waals surface area contributed by atoms with Crippen LogP contribution in [-0.4, -0.2) is 50.3 Å². The first-order valence-electron chi connectivity index (χ1n) is 7.18. The van der Waals surface area contributed by atoms with Gasteiger partial charge in [0, 0.05) is 19.0 Å². The van der Waals surface area contributed by atoms with Gasteiger partial charge in [0.2, 0.25) is 5.95 Å². The molecule has 2 N–H and O–H groups in total. The molecule has 4 rings (SSSR count). The van der Waals surface area contributed by atoms with Gasteiger partial charge in [0.25, 0.3) is 0 Å². The molecule has 23 heavy (non-hydrogen) atoms. The molecule has 10 nitrogen and oxygen atoms in total. The summed E-state index contributed by atoms with van der Waals surface area (Å²) in [7, 11) is -2.21. The summed E-state index contributed by atoms with van der Waals surface area (Å²) < 4.78 is 28.9. The van der Waals surface area contributed by atoms with Crippen LogP contribution in [0.5, 0.6) is 0 Å². The fraction of sp³-hybridized carbons (Fsp3) is 0.583. The van der Waals surface area contributed by atoms with Gasteiger partial charge < -0.3 is 14.9 Å². The van der Waals surface area contributed by atoms with Crippen molar-refractivity contribution in [2.75, 3.05) is 19.0 Å². The minimum absolute atomic E-state index is 0.0317. The second kappa shape index (κ2) is 5.22. The van der Waals surface area contributed by atoms with Gasteiger partial charge in [-0.2, -0.15) is 14.6 Å². The molecule has 2 fully saturated rings. The van der Waals surface area contributed by atoms with Gasteiger partial charge in [0.05, 0.1) is 18.9 Å². The highest BCUT2D eigenvalue weighted by molar-refractivity contribution is 7.47. The van der Waals surface area contributed by atoms with E-state index in [0.29, 0.717) is 23.8 Å². The van der Waals surface area contributed by atoms with E-state index in [2.05, 4.69) is 20.4 Å². The van der Waals surface area contributed by atoms with Crippen LogP contribution >= 0.6 is 7.82 Å². The summed E-state index contributed by atoms with van der Waals surface area (Å²) in [6.45, 7) is 1.83. The van der Waals surface area contributed by atoms with Crippen LogP contribution in [-0.2, 0) is 18.3 Å². The smallest absolute Gasteiger partial charge is 0.365 e. The summed E-state index contributed by atoms with van der Waals surface area (Å²) in [4.78, 5) is 18.1. The molecule has 0 aliphatic carbocycles. The van der Waals surface area contributed by atoms with E-state index in [4.69, 9.17) is 13.8 Å². The largest absolute Gasteiger partial charge is 0.472 e. The van der Waals surface area contributed by atoms with E-state index in [0.717, 1.165) is 5.56 Å². The van der Waals surface area contributed by atoms with Gasteiger partial charge in [0.15, 0.2) is 5.65 Å². The second-order valence-corrected chi connectivity index (χ2v) is 6.89. The number of hydrogen-bond acceptors (Lipinski definition) is 8. The summed E-state index contributed by atoms with van der Waals surface area (Å²) in [6, 6.07) is 0. The molecule has 4 atom stereocenters. The highest BCUT2D eigenvalue weighted by Gasteiger charge is 2.46. The number of nitrogens with one attached hydrogen (secondary N) is 1. The van der Waals surface area contributed by atoms with Gasteiger partial charge >= 0.3 is 7.82 Å². The average molecular weight is 341 g/mol.